The molecule has 0 bridgehead atoms. The molecule has 1 fully saturated rings. The van der Waals surface area contributed by atoms with Crippen molar-refractivity contribution in [3.8, 4) is 23.2 Å². The van der Waals surface area contributed by atoms with E-state index in [4.69, 9.17) is 14.7 Å². The topological polar surface area (TPSA) is 66.9 Å². The van der Waals surface area contributed by atoms with Crippen LogP contribution in [0, 0.1) is 11.8 Å². The molecule has 2 aliphatic rings. The van der Waals surface area contributed by atoms with Crippen molar-refractivity contribution in [3.05, 3.63) is 35.5 Å². The number of aromatic amines is 1. The summed E-state index contributed by atoms with van der Waals surface area (Å²) in [5.74, 6) is 8.23. The molecule has 4 aromatic rings. The predicted molar refractivity (Wildman–Crippen MR) is 111 cm³/mol. The van der Waals surface area contributed by atoms with Gasteiger partial charge < -0.3 is 14.6 Å². The number of nitrogens with zero attached hydrogens (tertiary/aromatic N) is 4. The number of H-pyrrole nitrogens is 1. The van der Waals surface area contributed by atoms with Crippen molar-refractivity contribution in [2.24, 2.45) is 0 Å². The van der Waals surface area contributed by atoms with E-state index in [0.717, 1.165) is 45.0 Å². The molecule has 6 rings (SSSR count). The molecule has 1 aliphatic heterocycles. The maximum Gasteiger partial charge on any atom is 0.163 e. The average molecular weight is 387 g/mol. The van der Waals surface area contributed by atoms with Crippen LogP contribution in [0.15, 0.2) is 29.9 Å². The number of hydrogen-bond acceptors (Lipinski definition) is 6. The molecule has 0 aromatic carbocycles. The number of anilines is 1. The summed E-state index contributed by atoms with van der Waals surface area (Å²) < 4.78 is 6.77. The minimum atomic E-state index is 0.163. The van der Waals surface area contributed by atoms with Gasteiger partial charge in [0.1, 0.15) is 11.6 Å². The number of fused-ring (bicyclic) bond motifs is 2. The summed E-state index contributed by atoms with van der Waals surface area (Å²) in [6, 6.07) is 4.29. The second-order valence-electron chi connectivity index (χ2n) is 7.18. The maximum absolute atomic E-state index is 5.65. The average Bonchev–Trinajstić information content (AvgIpc) is 3.28. The fourth-order valence-corrected chi connectivity index (χ4v) is 4.87. The Labute approximate surface area is 165 Å². The summed E-state index contributed by atoms with van der Waals surface area (Å²) in [6.45, 7) is 4.44. The lowest BCUT2D eigenvalue weighted by molar-refractivity contribution is 0.0987. The molecule has 1 N–H and O–H groups in total. The summed E-state index contributed by atoms with van der Waals surface area (Å²) in [4.78, 5) is 20.0. The first-order chi connectivity index (χ1) is 13.8. The Morgan fingerprint density at radius 2 is 2.21 bits per heavy atom. The number of hydrogen-bond donors (Lipinski definition) is 1. The summed E-state index contributed by atoms with van der Waals surface area (Å²) in [7, 11) is 0. The minimum Gasteiger partial charge on any atom is -0.377 e. The smallest absolute Gasteiger partial charge is 0.163 e. The van der Waals surface area contributed by atoms with Gasteiger partial charge in [-0.05, 0) is 24.4 Å². The summed E-state index contributed by atoms with van der Waals surface area (Å²) >= 11 is 1.71. The molecule has 0 radical (unpaired) electrons. The Balaban J connectivity index is 1.61. The molecule has 0 saturated carbocycles. The van der Waals surface area contributed by atoms with Crippen molar-refractivity contribution in [1.29, 1.82) is 0 Å². The Morgan fingerprint density at radius 3 is 3.07 bits per heavy atom. The first kappa shape index (κ1) is 16.0. The van der Waals surface area contributed by atoms with Crippen molar-refractivity contribution in [1.82, 2.24) is 19.9 Å². The van der Waals surface area contributed by atoms with E-state index in [1.807, 2.05) is 18.3 Å². The van der Waals surface area contributed by atoms with E-state index in [1.165, 1.54) is 5.56 Å². The van der Waals surface area contributed by atoms with Crippen LogP contribution in [-0.2, 0) is 4.74 Å². The molecule has 1 aliphatic carbocycles. The second-order valence-corrected chi connectivity index (χ2v) is 8.06. The van der Waals surface area contributed by atoms with Crippen LogP contribution < -0.4 is 4.90 Å². The molecule has 5 heterocycles. The van der Waals surface area contributed by atoms with Crippen LogP contribution in [0.4, 0.5) is 5.82 Å². The third kappa shape index (κ3) is 2.42. The van der Waals surface area contributed by atoms with Crippen LogP contribution in [0.3, 0.4) is 0 Å². The van der Waals surface area contributed by atoms with Crippen molar-refractivity contribution < 1.29 is 4.74 Å². The zero-order valence-electron chi connectivity index (χ0n) is 15.3. The Hall–Kier alpha value is -2.95. The molecule has 138 valence electrons. The van der Waals surface area contributed by atoms with Crippen LogP contribution in [0.5, 0.6) is 0 Å². The lowest BCUT2D eigenvalue weighted by atomic mass is 10.1. The van der Waals surface area contributed by atoms with Crippen LogP contribution in [0.2, 0.25) is 0 Å². The Kier molecular flexibility index (Phi) is 3.45. The van der Waals surface area contributed by atoms with Gasteiger partial charge in [-0.2, -0.15) is 0 Å². The van der Waals surface area contributed by atoms with Crippen molar-refractivity contribution >= 4 is 38.4 Å². The van der Waals surface area contributed by atoms with Gasteiger partial charge in [-0.1, -0.05) is 11.8 Å². The molecule has 28 heavy (non-hydrogen) atoms. The van der Waals surface area contributed by atoms with Crippen molar-refractivity contribution in [2.45, 2.75) is 18.9 Å². The number of morpholine rings is 1. The van der Waals surface area contributed by atoms with E-state index >= 15 is 0 Å². The zero-order valence-corrected chi connectivity index (χ0v) is 16.1. The van der Waals surface area contributed by atoms with Gasteiger partial charge in [-0.3, -0.25) is 0 Å². The zero-order chi connectivity index (χ0) is 18.7. The number of thiophene rings is 1. The van der Waals surface area contributed by atoms with E-state index in [1.54, 1.807) is 17.5 Å². The van der Waals surface area contributed by atoms with Crippen LogP contribution >= 0.6 is 11.3 Å². The molecule has 7 heteroatoms. The van der Waals surface area contributed by atoms with E-state index in [0.29, 0.717) is 13.2 Å². The highest BCUT2D eigenvalue weighted by molar-refractivity contribution is 7.18. The first-order valence-electron chi connectivity index (χ1n) is 9.36. The SMILES string of the molecule is CC1COCCN1c1nc(-c2ccnc3[nH]ccc23)nc2c(C3C#C3)csc12. The molecule has 4 aromatic heterocycles. The molecular weight excluding hydrogens is 370 g/mol. The number of pyridine rings is 1. The van der Waals surface area contributed by atoms with Gasteiger partial charge >= 0.3 is 0 Å². The van der Waals surface area contributed by atoms with E-state index < -0.39 is 0 Å². The van der Waals surface area contributed by atoms with Crippen LogP contribution in [0.25, 0.3) is 32.6 Å². The van der Waals surface area contributed by atoms with Gasteiger partial charge in [0.15, 0.2) is 11.6 Å². The molecule has 1 atom stereocenters. The van der Waals surface area contributed by atoms with E-state index in [2.05, 4.69) is 39.0 Å². The quantitative estimate of drug-likeness (QED) is 0.545. The molecule has 1 unspecified atom stereocenters. The largest absolute Gasteiger partial charge is 0.377 e. The molecule has 6 nitrogen and oxygen atoms in total. The number of aromatic nitrogens is 4. The summed E-state index contributed by atoms with van der Waals surface area (Å²) in [5, 5.41) is 3.20. The Bertz CT molecular complexity index is 1270. The first-order valence-corrected chi connectivity index (χ1v) is 10.2. The van der Waals surface area contributed by atoms with E-state index in [-0.39, 0.29) is 12.0 Å². The van der Waals surface area contributed by atoms with Gasteiger partial charge in [-0.15, -0.1) is 11.3 Å². The molecule has 0 amide bonds. The molecular formula is C21H17N5OS. The van der Waals surface area contributed by atoms with Gasteiger partial charge in [0.25, 0.3) is 0 Å². The highest BCUT2D eigenvalue weighted by atomic mass is 32.1. The number of nitrogens with one attached hydrogen (secondary N) is 1. The van der Waals surface area contributed by atoms with Crippen LogP contribution in [0.1, 0.15) is 18.4 Å². The summed E-state index contributed by atoms with van der Waals surface area (Å²) in [6.07, 6.45) is 3.70. The number of rotatable bonds is 3. The van der Waals surface area contributed by atoms with E-state index in [9.17, 15) is 0 Å². The fourth-order valence-electron chi connectivity index (χ4n) is 3.84. The second kappa shape index (κ2) is 6.03. The summed E-state index contributed by atoms with van der Waals surface area (Å²) in [5.41, 5.74) is 4.01. The number of ether oxygens (including phenoxy) is 1. The van der Waals surface area contributed by atoms with Crippen molar-refractivity contribution in [2.75, 3.05) is 24.7 Å². The van der Waals surface area contributed by atoms with Gasteiger partial charge in [0.05, 0.1) is 29.5 Å². The van der Waals surface area contributed by atoms with Gasteiger partial charge in [0, 0.05) is 35.5 Å². The highest BCUT2D eigenvalue weighted by Crippen LogP contribution is 2.40. The van der Waals surface area contributed by atoms with Crippen molar-refractivity contribution in [3.63, 3.8) is 0 Å². The molecule has 1 saturated heterocycles. The van der Waals surface area contributed by atoms with Gasteiger partial charge in [0.2, 0.25) is 0 Å². The lowest BCUT2D eigenvalue weighted by Gasteiger charge is -2.34. The third-order valence-corrected chi connectivity index (χ3v) is 6.35. The monoisotopic (exact) mass is 387 g/mol. The Morgan fingerprint density at radius 1 is 1.29 bits per heavy atom. The minimum absolute atomic E-state index is 0.163. The van der Waals surface area contributed by atoms with Crippen LogP contribution in [-0.4, -0.2) is 45.7 Å². The predicted octanol–water partition coefficient (Wildman–Crippen LogP) is 3.56. The highest BCUT2D eigenvalue weighted by Gasteiger charge is 2.27. The third-order valence-electron chi connectivity index (χ3n) is 5.37. The fraction of sp³-hybridized carbons (Fsp3) is 0.286. The maximum atomic E-state index is 5.65. The van der Waals surface area contributed by atoms with Gasteiger partial charge in [-0.25, -0.2) is 15.0 Å². The molecule has 0 spiro atoms. The normalized spacial score (nSPS) is 19.2. The standard InChI is InChI=1S/C21H17N5OS/c1-12-10-27-9-8-26(12)21-18-17(16(11-28-18)13-2-3-13)24-20(25-21)15-5-7-23-19-14(15)4-6-22-19/h4-7,11-13H,8-10H2,1H3,(H,22,23). The lowest BCUT2D eigenvalue weighted by Crippen LogP contribution is -2.44.